The van der Waals surface area contributed by atoms with Crippen LogP contribution in [0.1, 0.15) is 38.2 Å². The third-order valence-electron chi connectivity index (χ3n) is 6.48. The molecule has 2 fully saturated rings. The van der Waals surface area contributed by atoms with Crippen molar-refractivity contribution in [3.05, 3.63) is 52.4 Å². The summed E-state index contributed by atoms with van der Waals surface area (Å²) >= 11 is 12.3. The zero-order chi connectivity index (χ0) is 22.5. The van der Waals surface area contributed by atoms with E-state index in [-0.39, 0.29) is 5.41 Å². The van der Waals surface area contributed by atoms with E-state index < -0.39 is 11.7 Å². The average Bonchev–Trinajstić information content (AvgIpc) is 3.27. The molecule has 2 atom stereocenters. The van der Waals surface area contributed by atoms with Crippen LogP contribution in [0.2, 0.25) is 10.0 Å². The molecule has 2 unspecified atom stereocenters. The summed E-state index contributed by atoms with van der Waals surface area (Å²) in [7, 11) is 0. The SMILES string of the molecule is CC1(Cn2cnc3ccc(C#N)cc32)CCCC2(CN(c3ncc(Cl)cc3Cl)C(=O)O2)C1. The Morgan fingerprint density at radius 3 is 2.88 bits per heavy atom. The molecule has 1 aliphatic heterocycles. The number of nitrogens with zero attached hydrogens (tertiary/aromatic N) is 5. The van der Waals surface area contributed by atoms with E-state index in [2.05, 4.69) is 27.5 Å². The van der Waals surface area contributed by atoms with Gasteiger partial charge in [0.15, 0.2) is 5.82 Å². The third-order valence-corrected chi connectivity index (χ3v) is 6.96. The predicted octanol–water partition coefficient (Wildman–Crippen LogP) is 5.59. The third kappa shape index (κ3) is 3.68. The van der Waals surface area contributed by atoms with Crippen LogP contribution in [0.25, 0.3) is 11.0 Å². The first kappa shape index (κ1) is 21.0. The molecule has 3 aromatic rings. The number of aromatic nitrogens is 3. The van der Waals surface area contributed by atoms with Crippen LogP contribution in [-0.2, 0) is 11.3 Å². The number of ether oxygens (including phenoxy) is 1. The minimum atomic E-state index is -0.594. The molecule has 1 aliphatic carbocycles. The maximum absolute atomic E-state index is 12.8. The summed E-state index contributed by atoms with van der Waals surface area (Å²) in [6.07, 6.45) is 6.32. The number of imidazole rings is 1. The van der Waals surface area contributed by atoms with E-state index in [1.807, 2.05) is 18.5 Å². The number of fused-ring (bicyclic) bond motifs is 1. The van der Waals surface area contributed by atoms with Gasteiger partial charge in [-0.15, -0.1) is 0 Å². The lowest BCUT2D eigenvalue weighted by atomic mass is 9.68. The molecule has 1 spiro atoms. The zero-order valence-electron chi connectivity index (χ0n) is 17.5. The van der Waals surface area contributed by atoms with E-state index in [1.165, 1.54) is 11.1 Å². The highest BCUT2D eigenvalue weighted by Gasteiger charge is 2.52. The minimum absolute atomic E-state index is 0.109. The molecule has 1 saturated heterocycles. The predicted molar refractivity (Wildman–Crippen MR) is 122 cm³/mol. The summed E-state index contributed by atoms with van der Waals surface area (Å²) in [4.78, 5) is 23.0. The van der Waals surface area contributed by atoms with Crippen LogP contribution in [0.15, 0.2) is 36.8 Å². The van der Waals surface area contributed by atoms with Crippen LogP contribution in [0.3, 0.4) is 0 Å². The highest BCUT2D eigenvalue weighted by Crippen LogP contribution is 2.48. The molecule has 0 bridgehead atoms. The van der Waals surface area contributed by atoms with Gasteiger partial charge in [0, 0.05) is 12.7 Å². The van der Waals surface area contributed by atoms with Gasteiger partial charge >= 0.3 is 6.09 Å². The van der Waals surface area contributed by atoms with Gasteiger partial charge in [-0.3, -0.25) is 4.90 Å². The highest BCUT2D eigenvalue weighted by atomic mass is 35.5. The van der Waals surface area contributed by atoms with E-state index >= 15 is 0 Å². The summed E-state index contributed by atoms with van der Waals surface area (Å²) in [6.45, 7) is 3.34. The molecule has 0 radical (unpaired) electrons. The van der Waals surface area contributed by atoms with Crippen molar-refractivity contribution in [2.45, 2.75) is 44.8 Å². The fourth-order valence-corrected chi connectivity index (χ4v) is 5.69. The number of nitriles is 1. The number of anilines is 1. The van der Waals surface area contributed by atoms with Gasteiger partial charge in [-0.25, -0.2) is 14.8 Å². The first-order valence-corrected chi connectivity index (χ1v) is 11.2. The van der Waals surface area contributed by atoms with Crippen molar-refractivity contribution >= 4 is 46.1 Å². The Labute approximate surface area is 195 Å². The second-order valence-electron chi connectivity index (χ2n) is 9.12. The van der Waals surface area contributed by atoms with E-state index in [0.29, 0.717) is 34.4 Å². The minimum Gasteiger partial charge on any atom is -0.441 e. The standard InChI is InChI=1S/C23H21Cl2N5O2/c1-22(12-29-14-28-18-4-3-15(9-26)7-19(18)29)5-2-6-23(11-22)13-30(21(31)32-23)20-17(25)8-16(24)10-27-20/h3-4,7-8,10,14H,2,5-6,11-13H2,1H3. The number of rotatable bonds is 3. The second-order valence-corrected chi connectivity index (χ2v) is 9.97. The van der Waals surface area contributed by atoms with Crippen LogP contribution in [0, 0.1) is 16.7 Å². The zero-order valence-corrected chi connectivity index (χ0v) is 19.0. The molecule has 1 saturated carbocycles. The smallest absolute Gasteiger partial charge is 0.416 e. The number of pyridine rings is 1. The molecular formula is C23H21Cl2N5O2. The number of hydrogen-bond donors (Lipinski definition) is 0. The Hall–Kier alpha value is -2.82. The molecule has 2 aliphatic rings. The lowest BCUT2D eigenvalue weighted by molar-refractivity contribution is -0.0264. The quantitative estimate of drug-likeness (QED) is 0.499. The van der Waals surface area contributed by atoms with Gasteiger partial charge in [0.05, 0.1) is 45.6 Å². The summed E-state index contributed by atoms with van der Waals surface area (Å²) in [6, 6.07) is 9.29. The summed E-state index contributed by atoms with van der Waals surface area (Å²) in [5, 5.41) is 10.00. The number of hydrogen-bond acceptors (Lipinski definition) is 5. The van der Waals surface area contributed by atoms with Crippen molar-refractivity contribution in [3.63, 3.8) is 0 Å². The molecule has 164 valence electrons. The van der Waals surface area contributed by atoms with Crippen molar-refractivity contribution in [3.8, 4) is 6.07 Å². The van der Waals surface area contributed by atoms with E-state index in [1.54, 1.807) is 12.1 Å². The Kier molecular flexibility index (Phi) is 5.03. The van der Waals surface area contributed by atoms with Crippen LogP contribution >= 0.6 is 23.2 Å². The maximum Gasteiger partial charge on any atom is 0.416 e. The molecule has 7 nitrogen and oxygen atoms in total. The van der Waals surface area contributed by atoms with Gasteiger partial charge in [-0.05, 0) is 55.4 Å². The van der Waals surface area contributed by atoms with Crippen LogP contribution in [0.5, 0.6) is 0 Å². The molecule has 1 aromatic carbocycles. The van der Waals surface area contributed by atoms with E-state index in [9.17, 15) is 10.1 Å². The van der Waals surface area contributed by atoms with Gasteiger partial charge in [-0.2, -0.15) is 5.26 Å². The van der Waals surface area contributed by atoms with Gasteiger partial charge < -0.3 is 9.30 Å². The molecular weight excluding hydrogens is 449 g/mol. The highest BCUT2D eigenvalue weighted by molar-refractivity contribution is 6.36. The van der Waals surface area contributed by atoms with Gasteiger partial charge in [0.1, 0.15) is 5.60 Å². The monoisotopic (exact) mass is 469 g/mol. The van der Waals surface area contributed by atoms with Gasteiger partial charge in [-0.1, -0.05) is 30.1 Å². The van der Waals surface area contributed by atoms with Crippen molar-refractivity contribution < 1.29 is 9.53 Å². The number of benzene rings is 1. The number of carbonyl (C=O) groups is 1. The molecule has 0 N–H and O–H groups in total. The lowest BCUT2D eigenvalue weighted by Crippen LogP contribution is -2.45. The van der Waals surface area contributed by atoms with Crippen molar-refractivity contribution in [2.75, 3.05) is 11.4 Å². The van der Waals surface area contributed by atoms with Crippen LogP contribution in [0.4, 0.5) is 10.6 Å². The van der Waals surface area contributed by atoms with Crippen molar-refractivity contribution in [2.24, 2.45) is 5.41 Å². The van der Waals surface area contributed by atoms with Crippen LogP contribution in [-0.4, -0.2) is 32.8 Å². The van der Waals surface area contributed by atoms with Crippen molar-refractivity contribution in [1.82, 2.24) is 14.5 Å². The number of amides is 1. The molecule has 3 heterocycles. The van der Waals surface area contributed by atoms with Crippen LogP contribution < -0.4 is 4.90 Å². The molecule has 9 heteroatoms. The maximum atomic E-state index is 12.8. The summed E-state index contributed by atoms with van der Waals surface area (Å²) in [5.41, 5.74) is 1.70. The Morgan fingerprint density at radius 2 is 2.09 bits per heavy atom. The van der Waals surface area contributed by atoms with E-state index in [0.717, 1.165) is 36.8 Å². The number of halogens is 2. The molecule has 32 heavy (non-hydrogen) atoms. The van der Waals surface area contributed by atoms with Gasteiger partial charge in [0.2, 0.25) is 0 Å². The summed E-state index contributed by atoms with van der Waals surface area (Å²) < 4.78 is 8.07. The Balaban J connectivity index is 1.40. The summed E-state index contributed by atoms with van der Waals surface area (Å²) in [5.74, 6) is 0.370. The van der Waals surface area contributed by atoms with E-state index in [4.69, 9.17) is 27.9 Å². The first-order chi connectivity index (χ1) is 15.3. The fourth-order valence-electron chi connectivity index (χ4n) is 5.21. The average molecular weight is 470 g/mol. The topological polar surface area (TPSA) is 84.0 Å². The Morgan fingerprint density at radius 1 is 1.25 bits per heavy atom. The Bertz CT molecular complexity index is 1270. The first-order valence-electron chi connectivity index (χ1n) is 10.5. The van der Waals surface area contributed by atoms with Crippen molar-refractivity contribution in [1.29, 1.82) is 5.26 Å². The largest absolute Gasteiger partial charge is 0.441 e. The van der Waals surface area contributed by atoms with Gasteiger partial charge in [0.25, 0.3) is 0 Å². The fraction of sp³-hybridized carbons (Fsp3) is 0.391. The molecule has 5 rings (SSSR count). The number of carbonyl (C=O) groups excluding carboxylic acids is 1. The molecule has 1 amide bonds. The molecule has 2 aromatic heterocycles. The second kappa shape index (κ2) is 7.65. The lowest BCUT2D eigenvalue weighted by Gasteiger charge is -2.43. The normalized spacial score (nSPS) is 25.3.